The molecule has 2 aromatic carbocycles. The van der Waals surface area contributed by atoms with Crippen LogP contribution in [0.3, 0.4) is 0 Å². The van der Waals surface area contributed by atoms with Gasteiger partial charge in [-0.15, -0.1) is 0 Å². The van der Waals surface area contributed by atoms with Crippen LogP contribution >= 0.6 is 11.8 Å². The molecule has 3 nitrogen and oxygen atoms in total. The number of hydrogen-bond acceptors (Lipinski definition) is 3. The number of nitrogens with zero attached hydrogens (tertiary/aromatic N) is 1. The second kappa shape index (κ2) is 5.14. The molecule has 0 radical (unpaired) electrons. The van der Waals surface area contributed by atoms with Crippen molar-refractivity contribution in [3.8, 4) is 0 Å². The van der Waals surface area contributed by atoms with Crippen molar-refractivity contribution in [3.63, 3.8) is 0 Å². The molecule has 4 heteroatoms. The number of rotatable bonds is 1. The second-order valence-corrected chi connectivity index (χ2v) is 6.32. The first kappa shape index (κ1) is 13.3. The summed E-state index contributed by atoms with van der Waals surface area (Å²) < 4.78 is 0. The molecule has 2 aliphatic rings. The van der Waals surface area contributed by atoms with Crippen molar-refractivity contribution in [2.75, 3.05) is 7.05 Å². The molecule has 1 aliphatic carbocycles. The van der Waals surface area contributed by atoms with Gasteiger partial charge in [-0.3, -0.25) is 9.79 Å². The first-order valence-corrected chi connectivity index (χ1v) is 8.01. The zero-order valence-corrected chi connectivity index (χ0v) is 12.9. The average Bonchev–Trinajstić information content (AvgIpc) is 2.88. The SMILES string of the molecule is CN=C1NC2=C(C(=O)c3ccccc32)C(c2ccccc2)S1. The number of benzene rings is 2. The first-order valence-electron chi connectivity index (χ1n) is 7.13. The van der Waals surface area contributed by atoms with Gasteiger partial charge in [0.25, 0.3) is 0 Å². The van der Waals surface area contributed by atoms with Crippen LogP contribution in [0, 0.1) is 0 Å². The lowest BCUT2D eigenvalue weighted by atomic mass is 10.0. The van der Waals surface area contributed by atoms with Gasteiger partial charge in [0.2, 0.25) is 0 Å². The van der Waals surface area contributed by atoms with Crippen LogP contribution in [0.25, 0.3) is 5.70 Å². The molecule has 1 aliphatic heterocycles. The van der Waals surface area contributed by atoms with Crippen LogP contribution in [0.15, 0.2) is 65.2 Å². The van der Waals surface area contributed by atoms with Crippen LogP contribution in [-0.4, -0.2) is 18.0 Å². The minimum Gasteiger partial charge on any atom is -0.334 e. The number of hydrogen-bond donors (Lipinski definition) is 1. The molecular weight excluding hydrogens is 292 g/mol. The van der Waals surface area contributed by atoms with Crippen LogP contribution in [0.5, 0.6) is 0 Å². The van der Waals surface area contributed by atoms with E-state index in [1.165, 1.54) is 0 Å². The van der Waals surface area contributed by atoms with Crippen LogP contribution in [0.2, 0.25) is 0 Å². The molecule has 1 N–H and O–H groups in total. The summed E-state index contributed by atoms with van der Waals surface area (Å²) in [6.45, 7) is 0. The maximum Gasteiger partial charge on any atom is 0.193 e. The molecule has 0 bridgehead atoms. The molecule has 0 saturated carbocycles. The summed E-state index contributed by atoms with van der Waals surface area (Å²) in [6, 6.07) is 17.9. The summed E-state index contributed by atoms with van der Waals surface area (Å²) in [4.78, 5) is 17.2. The van der Waals surface area contributed by atoms with Gasteiger partial charge in [0, 0.05) is 23.7 Å². The third-order valence-corrected chi connectivity index (χ3v) is 5.24. The number of amidine groups is 1. The van der Waals surface area contributed by atoms with E-state index in [9.17, 15) is 4.79 Å². The van der Waals surface area contributed by atoms with Crippen molar-refractivity contribution >= 4 is 28.4 Å². The highest BCUT2D eigenvalue weighted by atomic mass is 32.2. The van der Waals surface area contributed by atoms with E-state index >= 15 is 0 Å². The van der Waals surface area contributed by atoms with Gasteiger partial charge in [0.05, 0.1) is 10.9 Å². The Balaban J connectivity index is 1.91. The molecule has 1 heterocycles. The van der Waals surface area contributed by atoms with Gasteiger partial charge in [-0.2, -0.15) is 0 Å². The molecule has 1 atom stereocenters. The summed E-state index contributed by atoms with van der Waals surface area (Å²) >= 11 is 1.60. The third kappa shape index (κ3) is 1.91. The molecule has 0 spiro atoms. The molecule has 4 rings (SSSR count). The topological polar surface area (TPSA) is 41.5 Å². The van der Waals surface area contributed by atoms with Crippen molar-refractivity contribution in [2.24, 2.45) is 4.99 Å². The maximum absolute atomic E-state index is 12.9. The number of thioether (sulfide) groups is 1. The number of carbonyl (C=O) groups excluding carboxylic acids is 1. The molecule has 1 unspecified atom stereocenters. The minimum atomic E-state index is -0.0175. The molecule has 0 saturated heterocycles. The molecule has 0 aromatic heterocycles. The molecule has 0 amide bonds. The largest absolute Gasteiger partial charge is 0.334 e. The van der Waals surface area contributed by atoms with Gasteiger partial charge in [0.15, 0.2) is 11.0 Å². The number of carbonyl (C=O) groups is 1. The predicted octanol–water partition coefficient (Wildman–Crippen LogP) is 3.66. The second-order valence-electron chi connectivity index (χ2n) is 5.23. The summed E-state index contributed by atoms with van der Waals surface area (Å²) in [5.74, 6) is 0.120. The Morgan fingerprint density at radius 1 is 1.00 bits per heavy atom. The van der Waals surface area contributed by atoms with Gasteiger partial charge in [-0.1, -0.05) is 66.4 Å². The highest BCUT2D eigenvalue weighted by molar-refractivity contribution is 8.14. The van der Waals surface area contributed by atoms with E-state index in [2.05, 4.69) is 22.4 Å². The fraction of sp³-hybridized carbons (Fsp3) is 0.111. The van der Waals surface area contributed by atoms with E-state index in [0.29, 0.717) is 0 Å². The monoisotopic (exact) mass is 306 g/mol. The van der Waals surface area contributed by atoms with E-state index < -0.39 is 0 Å². The highest BCUT2D eigenvalue weighted by Gasteiger charge is 2.39. The smallest absolute Gasteiger partial charge is 0.193 e. The van der Waals surface area contributed by atoms with Crippen molar-refractivity contribution in [1.82, 2.24) is 5.32 Å². The fourth-order valence-electron chi connectivity index (χ4n) is 2.97. The quantitative estimate of drug-likeness (QED) is 0.874. The Hall–Kier alpha value is -2.33. The lowest BCUT2D eigenvalue weighted by Crippen LogP contribution is -2.27. The number of Topliss-reactive ketones (excluding diaryl/α,β-unsaturated/α-hetero) is 1. The van der Waals surface area contributed by atoms with E-state index in [-0.39, 0.29) is 11.0 Å². The van der Waals surface area contributed by atoms with Gasteiger partial charge in [0.1, 0.15) is 0 Å². The summed E-state index contributed by atoms with van der Waals surface area (Å²) in [5.41, 5.74) is 4.63. The zero-order valence-electron chi connectivity index (χ0n) is 12.0. The Labute approximate surface area is 133 Å². The number of ketones is 1. The molecule has 2 aromatic rings. The van der Waals surface area contributed by atoms with Gasteiger partial charge < -0.3 is 5.32 Å². The van der Waals surface area contributed by atoms with Crippen LogP contribution < -0.4 is 5.32 Å². The third-order valence-electron chi connectivity index (χ3n) is 3.98. The molecule has 0 fully saturated rings. The van der Waals surface area contributed by atoms with E-state index in [0.717, 1.165) is 33.1 Å². The lowest BCUT2D eigenvalue weighted by Gasteiger charge is -2.26. The minimum absolute atomic E-state index is 0.0175. The Kier molecular flexibility index (Phi) is 3.12. The Bertz CT molecular complexity index is 824. The summed E-state index contributed by atoms with van der Waals surface area (Å²) in [5, 5.41) is 4.15. The highest BCUT2D eigenvalue weighted by Crippen LogP contribution is 2.47. The number of nitrogens with one attached hydrogen (secondary N) is 1. The molecular formula is C18H14N2OS. The molecule has 108 valence electrons. The Morgan fingerprint density at radius 3 is 2.41 bits per heavy atom. The Morgan fingerprint density at radius 2 is 1.68 bits per heavy atom. The predicted molar refractivity (Wildman–Crippen MR) is 91.0 cm³/mol. The van der Waals surface area contributed by atoms with Crippen LogP contribution in [-0.2, 0) is 0 Å². The van der Waals surface area contributed by atoms with E-state index in [4.69, 9.17) is 0 Å². The lowest BCUT2D eigenvalue weighted by molar-refractivity contribution is 0.103. The summed E-state index contributed by atoms with van der Waals surface area (Å²) in [7, 11) is 1.77. The van der Waals surface area contributed by atoms with Crippen molar-refractivity contribution in [3.05, 3.63) is 76.9 Å². The first-order chi connectivity index (χ1) is 10.8. The average molecular weight is 306 g/mol. The van der Waals surface area contributed by atoms with Crippen molar-refractivity contribution < 1.29 is 4.79 Å². The number of aliphatic imine (C=N–C) groups is 1. The number of fused-ring (bicyclic) bond motifs is 2. The van der Waals surface area contributed by atoms with Gasteiger partial charge in [-0.25, -0.2) is 0 Å². The van der Waals surface area contributed by atoms with Crippen molar-refractivity contribution in [2.45, 2.75) is 5.25 Å². The normalized spacial score (nSPS) is 21.6. The zero-order chi connectivity index (χ0) is 15.1. The maximum atomic E-state index is 12.9. The van der Waals surface area contributed by atoms with Crippen molar-refractivity contribution in [1.29, 1.82) is 0 Å². The van der Waals surface area contributed by atoms with E-state index in [1.54, 1.807) is 18.8 Å². The summed E-state index contributed by atoms with van der Waals surface area (Å²) in [6.07, 6.45) is 0. The fourth-order valence-corrected chi connectivity index (χ4v) is 4.09. The standard InChI is InChI=1S/C18H14N2OS/c1-19-18-20-15-12-9-5-6-10-13(12)16(21)14(15)17(22-18)11-7-3-2-4-8-11/h2-10,17H,1H3,(H,19,20). The van der Waals surface area contributed by atoms with Crippen LogP contribution in [0.4, 0.5) is 0 Å². The van der Waals surface area contributed by atoms with Gasteiger partial charge >= 0.3 is 0 Å². The van der Waals surface area contributed by atoms with E-state index in [1.807, 2.05) is 42.5 Å². The van der Waals surface area contributed by atoms with Gasteiger partial charge in [-0.05, 0) is 5.56 Å². The van der Waals surface area contributed by atoms with Crippen LogP contribution in [0.1, 0.15) is 26.7 Å². The molecule has 22 heavy (non-hydrogen) atoms.